The first-order valence-corrected chi connectivity index (χ1v) is 11.6. The summed E-state index contributed by atoms with van der Waals surface area (Å²) < 4.78 is 1.49. The number of hydrogen-bond donors (Lipinski definition) is 2. The maximum absolute atomic E-state index is 13.3. The van der Waals surface area contributed by atoms with Gasteiger partial charge < -0.3 is 26.0 Å². The summed E-state index contributed by atoms with van der Waals surface area (Å²) in [5.41, 5.74) is 6.87. The molecule has 2 atom stereocenters. The minimum atomic E-state index is -1.84. The number of aliphatic hydroxyl groups excluding tert-OH is 1. The number of pyridine rings is 1. The number of nitrogens with zero attached hydrogens (tertiary/aromatic N) is 5. The molecule has 3 aromatic rings. The molecule has 10 heteroatoms. The minimum Gasteiger partial charge on any atom is -0.756 e. The average molecular weight is 478 g/mol. The Morgan fingerprint density at radius 2 is 1.89 bits per heavy atom. The van der Waals surface area contributed by atoms with Crippen LogP contribution in [0.15, 0.2) is 60.9 Å². The molecular formula is C25H29N6O4-. The van der Waals surface area contributed by atoms with Crippen LogP contribution in [0.25, 0.3) is 5.82 Å². The predicted octanol–water partition coefficient (Wildman–Crippen LogP) is 1.47. The van der Waals surface area contributed by atoms with Gasteiger partial charge in [0.25, 0.3) is 0 Å². The molecule has 1 saturated heterocycles. The van der Waals surface area contributed by atoms with Gasteiger partial charge in [-0.25, -0.2) is 9.67 Å². The summed E-state index contributed by atoms with van der Waals surface area (Å²) in [5, 5.41) is 28.3. The van der Waals surface area contributed by atoms with Crippen molar-refractivity contribution in [1.82, 2.24) is 24.7 Å². The topological polar surface area (TPSA) is 141 Å². The number of hydrogen-bond acceptors (Lipinski definition) is 7. The van der Waals surface area contributed by atoms with Crippen LogP contribution in [0.4, 0.5) is 0 Å². The lowest BCUT2D eigenvalue weighted by molar-refractivity contribution is -0.128. The molecule has 0 radical (unpaired) electrons. The number of benzene rings is 1. The molecule has 2 aromatic heterocycles. The lowest BCUT2D eigenvalue weighted by atomic mass is 9.94. The number of primary amides is 1. The maximum atomic E-state index is 13.3. The summed E-state index contributed by atoms with van der Waals surface area (Å²) in [6.45, 7) is 1.97. The van der Waals surface area contributed by atoms with E-state index in [2.05, 4.69) is 22.0 Å². The van der Waals surface area contributed by atoms with Crippen molar-refractivity contribution in [2.45, 2.75) is 37.3 Å². The van der Waals surface area contributed by atoms with Crippen LogP contribution in [-0.2, 0) is 11.2 Å². The number of likely N-dealkylation sites (tertiary alicyclic amines) is 1. The quantitative estimate of drug-likeness (QED) is 0.468. The zero-order valence-electron chi connectivity index (χ0n) is 19.5. The van der Waals surface area contributed by atoms with E-state index in [-0.39, 0.29) is 22.9 Å². The van der Waals surface area contributed by atoms with E-state index in [1.807, 2.05) is 6.07 Å². The van der Waals surface area contributed by atoms with Crippen LogP contribution in [0, 0.1) is 5.21 Å². The predicted molar refractivity (Wildman–Crippen MR) is 130 cm³/mol. The third-order valence-corrected chi connectivity index (χ3v) is 6.43. The van der Waals surface area contributed by atoms with Crippen molar-refractivity contribution in [3.05, 3.63) is 83.0 Å². The normalized spacial score (nSPS) is 16.5. The van der Waals surface area contributed by atoms with Crippen LogP contribution in [-0.4, -0.2) is 73.9 Å². The molecule has 0 bridgehead atoms. The van der Waals surface area contributed by atoms with Crippen molar-refractivity contribution in [3.63, 3.8) is 0 Å². The number of rotatable bonds is 8. The number of hydroxylamine groups is 2. The van der Waals surface area contributed by atoms with Crippen molar-refractivity contribution >= 4 is 11.8 Å². The Labute approximate surface area is 203 Å². The Bertz CT molecular complexity index is 1160. The van der Waals surface area contributed by atoms with Gasteiger partial charge in [0.05, 0.1) is 17.3 Å². The number of carbonyl (C=O) groups excluding carboxylic acids is 2. The van der Waals surface area contributed by atoms with E-state index in [1.54, 1.807) is 42.6 Å². The third-order valence-electron chi connectivity index (χ3n) is 6.43. The van der Waals surface area contributed by atoms with Gasteiger partial charge in [-0.15, -0.1) is 0 Å². The van der Waals surface area contributed by atoms with E-state index in [0.29, 0.717) is 11.5 Å². The monoisotopic (exact) mass is 477 g/mol. The molecule has 3 N–H and O–H groups in total. The number of aromatic nitrogens is 3. The molecule has 1 aliphatic heterocycles. The van der Waals surface area contributed by atoms with E-state index in [0.717, 1.165) is 31.6 Å². The summed E-state index contributed by atoms with van der Waals surface area (Å²) in [7, 11) is 2.09. The van der Waals surface area contributed by atoms with Crippen LogP contribution < -0.4 is 5.73 Å². The Balaban J connectivity index is 1.60. The molecule has 0 spiro atoms. The molecule has 2 amide bonds. The van der Waals surface area contributed by atoms with Gasteiger partial charge in [-0.3, -0.25) is 9.59 Å². The Morgan fingerprint density at radius 3 is 2.57 bits per heavy atom. The lowest BCUT2D eigenvalue weighted by Crippen LogP contribution is -2.50. The van der Waals surface area contributed by atoms with Crippen LogP contribution in [0.5, 0.6) is 0 Å². The molecule has 4 rings (SSSR count). The van der Waals surface area contributed by atoms with Gasteiger partial charge in [0.1, 0.15) is 0 Å². The Kier molecular flexibility index (Phi) is 7.54. The van der Waals surface area contributed by atoms with Crippen LogP contribution >= 0.6 is 0 Å². The SMILES string of the molecule is CN1CCC(c2ccn(-c3ncccc3C(=O)N([O-])C(Cc3ccccc3)C(O)C(N)=O)n2)CC1. The number of nitrogens with two attached hydrogens (primary N) is 1. The van der Waals surface area contributed by atoms with E-state index in [1.165, 1.54) is 16.9 Å². The molecule has 35 heavy (non-hydrogen) atoms. The van der Waals surface area contributed by atoms with Crippen molar-refractivity contribution in [1.29, 1.82) is 0 Å². The molecule has 0 saturated carbocycles. The van der Waals surface area contributed by atoms with Crippen molar-refractivity contribution in [3.8, 4) is 5.82 Å². The van der Waals surface area contributed by atoms with E-state index in [9.17, 15) is 19.9 Å². The highest BCUT2D eigenvalue weighted by Crippen LogP contribution is 2.27. The number of piperidine rings is 1. The maximum Gasteiger partial charge on any atom is 0.248 e. The smallest absolute Gasteiger partial charge is 0.248 e. The van der Waals surface area contributed by atoms with E-state index < -0.39 is 24.0 Å². The highest BCUT2D eigenvalue weighted by molar-refractivity contribution is 5.98. The summed E-state index contributed by atoms with van der Waals surface area (Å²) in [6.07, 6.45) is 3.33. The summed E-state index contributed by atoms with van der Waals surface area (Å²) in [5.74, 6) is -1.51. The molecule has 10 nitrogen and oxygen atoms in total. The second-order valence-electron chi connectivity index (χ2n) is 8.87. The average Bonchev–Trinajstić information content (AvgIpc) is 3.37. The molecule has 1 aliphatic rings. The van der Waals surface area contributed by atoms with Crippen LogP contribution in [0.1, 0.15) is 40.4 Å². The zero-order valence-corrected chi connectivity index (χ0v) is 19.5. The lowest BCUT2D eigenvalue weighted by Gasteiger charge is -2.39. The second-order valence-corrected chi connectivity index (χ2v) is 8.87. The first-order chi connectivity index (χ1) is 16.8. The Morgan fingerprint density at radius 1 is 1.17 bits per heavy atom. The Hall–Kier alpha value is -3.60. The fourth-order valence-electron chi connectivity index (χ4n) is 4.36. The van der Waals surface area contributed by atoms with E-state index >= 15 is 0 Å². The van der Waals surface area contributed by atoms with Gasteiger partial charge in [0.2, 0.25) is 11.8 Å². The molecule has 1 fully saturated rings. The highest BCUT2D eigenvalue weighted by Gasteiger charge is 2.30. The molecule has 1 aromatic carbocycles. The molecule has 2 unspecified atom stereocenters. The van der Waals surface area contributed by atoms with Crippen LogP contribution in [0.2, 0.25) is 0 Å². The van der Waals surface area contributed by atoms with Gasteiger partial charge in [-0.2, -0.15) is 5.10 Å². The largest absolute Gasteiger partial charge is 0.756 e. The minimum absolute atomic E-state index is 0.00950. The first-order valence-electron chi connectivity index (χ1n) is 11.6. The second kappa shape index (κ2) is 10.8. The van der Waals surface area contributed by atoms with E-state index in [4.69, 9.17) is 5.73 Å². The molecule has 0 aliphatic carbocycles. The van der Waals surface area contributed by atoms with Crippen molar-refractivity contribution in [2.24, 2.45) is 5.73 Å². The molecular weight excluding hydrogens is 448 g/mol. The van der Waals surface area contributed by atoms with Gasteiger partial charge in [0, 0.05) is 18.3 Å². The molecule has 184 valence electrons. The van der Waals surface area contributed by atoms with Crippen LogP contribution in [0.3, 0.4) is 0 Å². The summed E-state index contributed by atoms with van der Waals surface area (Å²) >= 11 is 0. The number of carbonyl (C=O) groups is 2. The summed E-state index contributed by atoms with van der Waals surface area (Å²) in [4.78, 5) is 31.6. The van der Waals surface area contributed by atoms with Gasteiger partial charge >= 0.3 is 0 Å². The van der Waals surface area contributed by atoms with Gasteiger partial charge in [0.15, 0.2) is 11.9 Å². The first kappa shape index (κ1) is 24.5. The van der Waals surface area contributed by atoms with Crippen molar-refractivity contribution < 1.29 is 14.7 Å². The highest BCUT2D eigenvalue weighted by atomic mass is 16.5. The van der Waals surface area contributed by atoms with Gasteiger partial charge in [-0.1, -0.05) is 30.3 Å². The molecule has 3 heterocycles. The van der Waals surface area contributed by atoms with Gasteiger partial charge in [-0.05, 0) is 63.2 Å². The number of amides is 2. The third kappa shape index (κ3) is 5.56. The zero-order chi connectivity index (χ0) is 24.9. The standard InChI is InChI=1S/C25H29N6O4/c1-29-13-9-18(10-14-29)20-11-15-30(28-20)24-19(8-5-12-27-24)25(34)31(35)21(22(32)23(26)33)16-17-6-3-2-4-7-17/h2-8,11-12,15,18,21-22,32H,9-10,13-14,16H2,1H3,(H2,26,33)/q-1. The number of aliphatic hydroxyl groups is 1. The fourth-order valence-corrected chi connectivity index (χ4v) is 4.36. The summed E-state index contributed by atoms with van der Waals surface area (Å²) in [6, 6.07) is 12.3. The van der Waals surface area contributed by atoms with Crippen molar-refractivity contribution in [2.75, 3.05) is 20.1 Å². The fraction of sp³-hybridized carbons (Fsp3) is 0.360.